The molecule has 96 valence electrons. The van der Waals surface area contributed by atoms with Crippen molar-refractivity contribution in [3.05, 3.63) is 68.1 Å². The van der Waals surface area contributed by atoms with Crippen LogP contribution in [0.4, 0.5) is 4.39 Å². The minimum absolute atomic E-state index is 0.0185. The molecule has 0 spiro atoms. The van der Waals surface area contributed by atoms with Crippen molar-refractivity contribution in [1.29, 1.82) is 0 Å². The van der Waals surface area contributed by atoms with Crippen molar-refractivity contribution in [3.8, 4) is 0 Å². The molecule has 0 saturated heterocycles. The van der Waals surface area contributed by atoms with Crippen LogP contribution in [0, 0.1) is 5.82 Å². The van der Waals surface area contributed by atoms with Crippen molar-refractivity contribution >= 4 is 37.4 Å². The van der Waals surface area contributed by atoms with Gasteiger partial charge in [-0.15, -0.1) is 11.3 Å². The molecule has 0 atom stereocenters. The minimum atomic E-state index is -0.295. The quantitative estimate of drug-likeness (QED) is 0.692. The summed E-state index contributed by atoms with van der Waals surface area (Å²) in [6.07, 6.45) is 1.77. The Morgan fingerprint density at radius 3 is 2.89 bits per heavy atom. The summed E-state index contributed by atoms with van der Waals surface area (Å²) in [6, 6.07) is 8.25. The normalized spacial score (nSPS) is 11.1. The molecule has 0 saturated carbocycles. The van der Waals surface area contributed by atoms with Crippen LogP contribution in [0.5, 0.6) is 0 Å². The van der Waals surface area contributed by atoms with E-state index >= 15 is 0 Å². The summed E-state index contributed by atoms with van der Waals surface area (Å²) in [4.78, 5) is 12.3. The van der Waals surface area contributed by atoms with Gasteiger partial charge >= 0.3 is 0 Å². The van der Waals surface area contributed by atoms with Crippen LogP contribution in [0.2, 0.25) is 0 Å². The fourth-order valence-electron chi connectivity index (χ4n) is 1.96. The molecule has 5 heteroatoms. The number of nitrogens with zero attached hydrogens (tertiary/aromatic N) is 1. The van der Waals surface area contributed by atoms with Gasteiger partial charge in [0, 0.05) is 15.4 Å². The zero-order chi connectivity index (χ0) is 13.4. The van der Waals surface area contributed by atoms with Gasteiger partial charge in [-0.1, -0.05) is 22.0 Å². The minimum Gasteiger partial charge on any atom is -0.310 e. The first-order valence-corrected chi connectivity index (χ1v) is 7.33. The van der Waals surface area contributed by atoms with Crippen molar-refractivity contribution in [1.82, 2.24) is 4.57 Å². The van der Waals surface area contributed by atoms with Crippen LogP contribution >= 0.6 is 27.3 Å². The first kappa shape index (κ1) is 12.6. The molecule has 0 bridgehead atoms. The topological polar surface area (TPSA) is 22.0 Å². The summed E-state index contributed by atoms with van der Waals surface area (Å²) in [6.45, 7) is 0.422. The third-order valence-electron chi connectivity index (χ3n) is 2.95. The molecular formula is C14H9BrFNOS. The van der Waals surface area contributed by atoms with Crippen LogP contribution in [-0.2, 0) is 6.54 Å². The van der Waals surface area contributed by atoms with E-state index in [2.05, 4.69) is 15.9 Å². The smallest absolute Gasteiger partial charge is 0.259 e. The van der Waals surface area contributed by atoms with E-state index in [0.717, 1.165) is 15.6 Å². The van der Waals surface area contributed by atoms with Gasteiger partial charge in [-0.3, -0.25) is 4.79 Å². The van der Waals surface area contributed by atoms with Gasteiger partial charge in [0.25, 0.3) is 5.56 Å². The molecular weight excluding hydrogens is 329 g/mol. The zero-order valence-electron chi connectivity index (χ0n) is 9.77. The third-order valence-corrected chi connectivity index (χ3v) is 4.57. The summed E-state index contributed by atoms with van der Waals surface area (Å²) in [5.41, 5.74) is 0.855. The molecule has 2 nitrogen and oxygen atoms in total. The number of hydrogen-bond acceptors (Lipinski definition) is 2. The Kier molecular flexibility index (Phi) is 3.24. The number of fused-ring (bicyclic) bond motifs is 1. The summed E-state index contributed by atoms with van der Waals surface area (Å²) in [5, 5.41) is 2.63. The molecule has 0 amide bonds. The molecule has 19 heavy (non-hydrogen) atoms. The molecule has 0 aliphatic heterocycles. The lowest BCUT2D eigenvalue weighted by Crippen LogP contribution is -2.19. The summed E-state index contributed by atoms with van der Waals surface area (Å²) in [5.74, 6) is -0.295. The second kappa shape index (κ2) is 4.90. The van der Waals surface area contributed by atoms with Gasteiger partial charge in [-0.2, -0.15) is 0 Å². The number of rotatable bonds is 2. The van der Waals surface area contributed by atoms with Gasteiger partial charge < -0.3 is 4.57 Å². The Hall–Kier alpha value is -1.46. The number of aromatic nitrogens is 1. The van der Waals surface area contributed by atoms with E-state index in [1.54, 1.807) is 28.2 Å². The van der Waals surface area contributed by atoms with Gasteiger partial charge in [-0.25, -0.2) is 4.39 Å². The zero-order valence-corrected chi connectivity index (χ0v) is 12.2. The van der Waals surface area contributed by atoms with Crippen molar-refractivity contribution < 1.29 is 4.39 Å². The van der Waals surface area contributed by atoms with Crippen LogP contribution in [0.3, 0.4) is 0 Å². The number of hydrogen-bond donors (Lipinski definition) is 0. The summed E-state index contributed by atoms with van der Waals surface area (Å²) < 4.78 is 16.3. The highest BCUT2D eigenvalue weighted by atomic mass is 79.9. The lowest BCUT2D eigenvalue weighted by Gasteiger charge is -2.08. The van der Waals surface area contributed by atoms with Crippen molar-refractivity contribution in [3.63, 3.8) is 0 Å². The number of thiophene rings is 1. The van der Waals surface area contributed by atoms with Crippen LogP contribution < -0.4 is 5.56 Å². The lowest BCUT2D eigenvalue weighted by molar-refractivity contribution is 0.625. The second-order valence-corrected chi connectivity index (χ2v) is 5.99. The van der Waals surface area contributed by atoms with E-state index in [0.29, 0.717) is 11.0 Å². The Morgan fingerprint density at radius 1 is 1.26 bits per heavy atom. The van der Waals surface area contributed by atoms with E-state index in [1.807, 2.05) is 17.5 Å². The van der Waals surface area contributed by atoms with Crippen LogP contribution in [0.1, 0.15) is 5.56 Å². The summed E-state index contributed by atoms with van der Waals surface area (Å²) >= 11 is 4.87. The highest BCUT2D eigenvalue weighted by Crippen LogP contribution is 2.20. The molecule has 0 unspecified atom stereocenters. The monoisotopic (exact) mass is 337 g/mol. The van der Waals surface area contributed by atoms with Crippen molar-refractivity contribution in [2.24, 2.45) is 0 Å². The fourth-order valence-corrected chi connectivity index (χ4v) is 3.21. The molecule has 2 aromatic heterocycles. The summed E-state index contributed by atoms with van der Waals surface area (Å²) in [7, 11) is 0. The molecule has 3 rings (SSSR count). The first-order valence-electron chi connectivity index (χ1n) is 5.66. The molecule has 0 N–H and O–H groups in total. The standard InChI is InChI=1S/C14H9BrFNOS/c15-12-7-10(16)2-1-9(12)8-17-5-3-13-11(14(17)18)4-6-19-13/h1-7H,8H2. The molecule has 0 fully saturated rings. The predicted molar refractivity (Wildman–Crippen MR) is 79.3 cm³/mol. The van der Waals surface area contributed by atoms with Crippen molar-refractivity contribution in [2.45, 2.75) is 6.54 Å². The number of halogens is 2. The third kappa shape index (κ3) is 2.35. The van der Waals surface area contributed by atoms with E-state index < -0.39 is 0 Å². The second-order valence-electron chi connectivity index (χ2n) is 4.18. The van der Waals surface area contributed by atoms with Gasteiger partial charge in [0.15, 0.2) is 0 Å². The molecule has 0 aliphatic rings. The molecule has 3 aromatic rings. The van der Waals surface area contributed by atoms with Gasteiger partial charge in [-0.05, 0) is 35.2 Å². The SMILES string of the molecule is O=c1c2ccsc2ccn1Cc1ccc(F)cc1Br. The largest absolute Gasteiger partial charge is 0.310 e. The molecule has 0 radical (unpaired) electrons. The highest BCUT2D eigenvalue weighted by Gasteiger charge is 2.07. The maximum Gasteiger partial charge on any atom is 0.259 e. The Morgan fingerprint density at radius 2 is 2.11 bits per heavy atom. The number of pyridine rings is 1. The van der Waals surface area contributed by atoms with E-state index in [4.69, 9.17) is 0 Å². The highest BCUT2D eigenvalue weighted by molar-refractivity contribution is 9.10. The van der Waals surface area contributed by atoms with Gasteiger partial charge in [0.1, 0.15) is 5.82 Å². The van der Waals surface area contributed by atoms with Gasteiger partial charge in [0.2, 0.25) is 0 Å². The average Bonchev–Trinajstić information content (AvgIpc) is 2.85. The number of benzene rings is 1. The fraction of sp³-hybridized carbons (Fsp3) is 0.0714. The molecule has 2 heterocycles. The van der Waals surface area contributed by atoms with Crippen LogP contribution in [0.15, 0.2) is 51.2 Å². The Labute approximate surface area is 121 Å². The maximum absolute atomic E-state index is 13.0. The van der Waals surface area contributed by atoms with E-state index in [-0.39, 0.29) is 11.4 Å². The first-order chi connectivity index (χ1) is 9.15. The Balaban J connectivity index is 2.05. The predicted octanol–water partition coefficient (Wildman–Crippen LogP) is 4.01. The maximum atomic E-state index is 13.0. The van der Waals surface area contributed by atoms with E-state index in [1.165, 1.54) is 12.1 Å². The van der Waals surface area contributed by atoms with Crippen LogP contribution in [0.25, 0.3) is 10.1 Å². The average molecular weight is 338 g/mol. The molecule has 0 aliphatic carbocycles. The van der Waals surface area contributed by atoms with Crippen molar-refractivity contribution in [2.75, 3.05) is 0 Å². The Bertz CT molecular complexity index is 809. The molecule has 1 aromatic carbocycles. The van der Waals surface area contributed by atoms with Crippen LogP contribution in [-0.4, -0.2) is 4.57 Å². The van der Waals surface area contributed by atoms with Gasteiger partial charge in [0.05, 0.1) is 11.9 Å². The lowest BCUT2D eigenvalue weighted by atomic mass is 10.2. The van der Waals surface area contributed by atoms with E-state index in [9.17, 15) is 9.18 Å².